The molecule has 1 atom stereocenters. The van der Waals surface area contributed by atoms with Crippen LogP contribution in [-0.2, 0) is 4.79 Å². The van der Waals surface area contributed by atoms with E-state index in [2.05, 4.69) is 12.1 Å². The van der Waals surface area contributed by atoms with Gasteiger partial charge in [0.05, 0.1) is 13.2 Å². The van der Waals surface area contributed by atoms with Gasteiger partial charge in [0, 0.05) is 12.6 Å². The molecule has 1 amide bonds. The highest BCUT2D eigenvalue weighted by Crippen LogP contribution is 2.34. The molecule has 28 heavy (non-hydrogen) atoms. The number of carbonyl (C=O) groups is 1. The average molecular weight is 379 g/mol. The number of ether oxygens (including phenoxy) is 3. The lowest BCUT2D eigenvalue weighted by atomic mass is 10.0. The third-order valence-corrected chi connectivity index (χ3v) is 5.35. The number of carbonyl (C=O) groups excluding carboxylic acids is 1. The van der Waals surface area contributed by atoms with Gasteiger partial charge in [-0.25, -0.2) is 0 Å². The van der Waals surface area contributed by atoms with E-state index < -0.39 is 0 Å². The molecule has 0 N–H and O–H groups in total. The van der Waals surface area contributed by atoms with Crippen LogP contribution in [-0.4, -0.2) is 31.3 Å². The quantitative estimate of drug-likeness (QED) is 0.730. The summed E-state index contributed by atoms with van der Waals surface area (Å²) in [5, 5.41) is 0. The second-order valence-electron chi connectivity index (χ2n) is 7.12. The second kappa shape index (κ2) is 8.38. The molecule has 146 valence electrons. The maximum absolute atomic E-state index is 13.0. The molecule has 0 radical (unpaired) electrons. The first-order chi connectivity index (χ1) is 13.7. The van der Waals surface area contributed by atoms with E-state index in [1.54, 1.807) is 13.2 Å². The zero-order valence-electron chi connectivity index (χ0n) is 16.1. The highest BCUT2D eigenvalue weighted by molar-refractivity contribution is 5.92. The number of nitrogens with zero attached hydrogens (tertiary/aromatic N) is 1. The van der Waals surface area contributed by atoms with Crippen molar-refractivity contribution in [2.75, 3.05) is 20.4 Å². The molecule has 1 unspecified atom stereocenters. The molecule has 1 saturated heterocycles. The van der Waals surface area contributed by atoms with E-state index in [0.29, 0.717) is 0 Å². The standard InChI is InChI=1S/C23H25NO4/c1-26-19-10-8-18(9-11-19)20-5-3-2-4-14-24(20)23(25)13-7-17-6-12-21-22(15-17)28-16-27-21/h6-13,15,20H,2-5,14,16H2,1H3/b13-7+. The van der Waals surface area contributed by atoms with Crippen LogP contribution in [0.3, 0.4) is 0 Å². The Morgan fingerprint density at radius 1 is 1.07 bits per heavy atom. The molecule has 0 aliphatic carbocycles. The molecule has 5 nitrogen and oxygen atoms in total. The second-order valence-corrected chi connectivity index (χ2v) is 7.12. The van der Waals surface area contributed by atoms with Gasteiger partial charge in [-0.1, -0.05) is 31.0 Å². The first-order valence-corrected chi connectivity index (χ1v) is 9.77. The number of fused-ring (bicyclic) bond motifs is 1. The molecule has 2 aromatic rings. The highest BCUT2D eigenvalue weighted by atomic mass is 16.7. The minimum atomic E-state index is 0.0420. The van der Waals surface area contributed by atoms with Crippen molar-refractivity contribution in [3.8, 4) is 17.2 Å². The summed E-state index contributed by atoms with van der Waals surface area (Å²) in [5.41, 5.74) is 2.08. The van der Waals surface area contributed by atoms with E-state index in [1.807, 2.05) is 41.3 Å². The van der Waals surface area contributed by atoms with Crippen molar-refractivity contribution >= 4 is 12.0 Å². The Labute approximate surface area is 165 Å². The molecule has 2 aliphatic rings. The highest BCUT2D eigenvalue weighted by Gasteiger charge is 2.25. The van der Waals surface area contributed by atoms with Crippen LogP contribution in [0.4, 0.5) is 0 Å². The zero-order chi connectivity index (χ0) is 19.3. The van der Waals surface area contributed by atoms with E-state index in [9.17, 15) is 4.79 Å². The Hall–Kier alpha value is -2.95. The maximum Gasteiger partial charge on any atom is 0.247 e. The lowest BCUT2D eigenvalue weighted by molar-refractivity contribution is -0.128. The van der Waals surface area contributed by atoms with Crippen LogP contribution >= 0.6 is 0 Å². The molecule has 5 heteroatoms. The van der Waals surface area contributed by atoms with Gasteiger partial charge in [-0.3, -0.25) is 4.79 Å². The summed E-state index contributed by atoms with van der Waals surface area (Å²) in [6, 6.07) is 13.9. The fraction of sp³-hybridized carbons (Fsp3) is 0.348. The Balaban J connectivity index is 1.52. The molecule has 0 spiro atoms. The van der Waals surface area contributed by atoms with Crippen LogP contribution in [0.2, 0.25) is 0 Å². The minimum Gasteiger partial charge on any atom is -0.497 e. The number of rotatable bonds is 4. The maximum atomic E-state index is 13.0. The van der Waals surface area contributed by atoms with Gasteiger partial charge in [-0.05, 0) is 54.3 Å². The van der Waals surface area contributed by atoms with E-state index in [-0.39, 0.29) is 18.7 Å². The minimum absolute atomic E-state index is 0.0420. The molecule has 2 heterocycles. The number of amides is 1. The molecule has 4 rings (SSSR count). The Morgan fingerprint density at radius 3 is 2.71 bits per heavy atom. The number of hydrogen-bond acceptors (Lipinski definition) is 4. The van der Waals surface area contributed by atoms with Crippen molar-refractivity contribution in [2.24, 2.45) is 0 Å². The molecule has 1 fully saturated rings. The third-order valence-electron chi connectivity index (χ3n) is 5.35. The Kier molecular flexibility index (Phi) is 5.51. The van der Waals surface area contributed by atoms with Crippen molar-refractivity contribution in [3.63, 3.8) is 0 Å². The van der Waals surface area contributed by atoms with Crippen molar-refractivity contribution in [3.05, 3.63) is 59.7 Å². The fourth-order valence-electron chi connectivity index (χ4n) is 3.82. The predicted octanol–water partition coefficient (Wildman–Crippen LogP) is 4.58. The first-order valence-electron chi connectivity index (χ1n) is 9.77. The Bertz CT molecular complexity index is 859. The molecular weight excluding hydrogens is 354 g/mol. The van der Waals surface area contributed by atoms with Crippen LogP contribution in [0.25, 0.3) is 6.08 Å². The molecule has 0 bridgehead atoms. The van der Waals surface area contributed by atoms with Gasteiger partial charge in [0.15, 0.2) is 11.5 Å². The summed E-state index contributed by atoms with van der Waals surface area (Å²) in [6.45, 7) is 1.03. The van der Waals surface area contributed by atoms with Crippen LogP contribution in [0, 0.1) is 0 Å². The zero-order valence-corrected chi connectivity index (χ0v) is 16.1. The van der Waals surface area contributed by atoms with Crippen LogP contribution in [0.1, 0.15) is 42.9 Å². The summed E-state index contributed by atoms with van der Waals surface area (Å²) >= 11 is 0. The van der Waals surface area contributed by atoms with E-state index in [0.717, 1.165) is 60.6 Å². The number of methoxy groups -OCH3 is 1. The monoisotopic (exact) mass is 379 g/mol. The molecule has 0 aromatic heterocycles. The number of hydrogen-bond donors (Lipinski definition) is 0. The van der Waals surface area contributed by atoms with Crippen LogP contribution < -0.4 is 14.2 Å². The van der Waals surface area contributed by atoms with Gasteiger partial charge in [-0.15, -0.1) is 0 Å². The van der Waals surface area contributed by atoms with Gasteiger partial charge >= 0.3 is 0 Å². The number of likely N-dealkylation sites (tertiary alicyclic amines) is 1. The molecule has 2 aromatic carbocycles. The predicted molar refractivity (Wildman–Crippen MR) is 108 cm³/mol. The summed E-state index contributed by atoms with van der Waals surface area (Å²) in [4.78, 5) is 15.0. The Morgan fingerprint density at radius 2 is 1.89 bits per heavy atom. The summed E-state index contributed by atoms with van der Waals surface area (Å²) in [7, 11) is 1.66. The van der Waals surface area contributed by atoms with Gasteiger partial charge in [0.2, 0.25) is 12.7 Å². The van der Waals surface area contributed by atoms with E-state index >= 15 is 0 Å². The van der Waals surface area contributed by atoms with Crippen molar-refractivity contribution in [2.45, 2.75) is 31.7 Å². The SMILES string of the molecule is COc1ccc(C2CCCCCN2C(=O)/C=C/c2ccc3c(c2)OCO3)cc1. The lowest BCUT2D eigenvalue weighted by Crippen LogP contribution is -2.33. The fourth-order valence-corrected chi connectivity index (χ4v) is 3.82. The average Bonchev–Trinajstić information content (AvgIpc) is 3.06. The third kappa shape index (κ3) is 3.98. The van der Waals surface area contributed by atoms with Gasteiger partial charge < -0.3 is 19.1 Å². The van der Waals surface area contributed by atoms with E-state index in [1.165, 1.54) is 0 Å². The normalized spacial score (nSPS) is 18.9. The molecule has 0 saturated carbocycles. The molecule has 2 aliphatic heterocycles. The van der Waals surface area contributed by atoms with Crippen LogP contribution in [0.5, 0.6) is 17.2 Å². The van der Waals surface area contributed by atoms with Crippen LogP contribution in [0.15, 0.2) is 48.5 Å². The summed E-state index contributed by atoms with van der Waals surface area (Å²) < 4.78 is 16.0. The molecular formula is C23H25NO4. The van der Waals surface area contributed by atoms with Crippen molar-refractivity contribution in [1.82, 2.24) is 4.90 Å². The first kappa shape index (κ1) is 18.4. The van der Waals surface area contributed by atoms with Gasteiger partial charge in [0.1, 0.15) is 5.75 Å². The lowest BCUT2D eigenvalue weighted by Gasteiger charge is -2.29. The van der Waals surface area contributed by atoms with Gasteiger partial charge in [-0.2, -0.15) is 0 Å². The summed E-state index contributed by atoms with van der Waals surface area (Å²) in [6.07, 6.45) is 7.82. The van der Waals surface area contributed by atoms with Gasteiger partial charge in [0.25, 0.3) is 0 Å². The van der Waals surface area contributed by atoms with Crippen molar-refractivity contribution < 1.29 is 19.0 Å². The summed E-state index contributed by atoms with van der Waals surface area (Å²) in [5.74, 6) is 2.34. The number of benzene rings is 2. The van der Waals surface area contributed by atoms with Crippen molar-refractivity contribution in [1.29, 1.82) is 0 Å². The topological polar surface area (TPSA) is 48.0 Å². The smallest absolute Gasteiger partial charge is 0.247 e. The largest absolute Gasteiger partial charge is 0.497 e. The van der Waals surface area contributed by atoms with E-state index in [4.69, 9.17) is 14.2 Å².